The van der Waals surface area contributed by atoms with Crippen LogP contribution in [0.5, 0.6) is 0 Å². The van der Waals surface area contributed by atoms with E-state index in [9.17, 15) is 28.5 Å². The number of rotatable bonds is 34. The molecule has 1 aliphatic rings. The molecule has 1 fully saturated rings. The third kappa shape index (κ3) is 28.0. The Balaban J connectivity index is 2.46. The second-order valence-electron chi connectivity index (χ2n) is 13.9. The van der Waals surface area contributed by atoms with Gasteiger partial charge in [0.15, 0.2) is 6.29 Å². The van der Waals surface area contributed by atoms with Crippen molar-refractivity contribution in [3.8, 4) is 0 Å². The molecular formula is C43H72O12S. The molecule has 0 aliphatic carbocycles. The summed E-state index contributed by atoms with van der Waals surface area (Å²) < 4.78 is 58.7. The van der Waals surface area contributed by atoms with E-state index in [4.69, 9.17) is 23.5 Å². The summed E-state index contributed by atoms with van der Waals surface area (Å²) >= 11 is 0. The van der Waals surface area contributed by atoms with Gasteiger partial charge in [-0.25, -0.2) is 4.18 Å². The van der Waals surface area contributed by atoms with Gasteiger partial charge in [0.1, 0.15) is 30.5 Å². The Hall–Kier alpha value is -2.46. The van der Waals surface area contributed by atoms with E-state index in [2.05, 4.69) is 90.9 Å². The van der Waals surface area contributed by atoms with Crippen molar-refractivity contribution in [3.05, 3.63) is 72.9 Å². The zero-order valence-corrected chi connectivity index (χ0v) is 34.7. The van der Waals surface area contributed by atoms with Crippen LogP contribution in [-0.4, -0.2) is 97.5 Å². The molecule has 0 bridgehead atoms. The van der Waals surface area contributed by atoms with E-state index in [-0.39, 0.29) is 19.6 Å². The molecule has 0 aromatic carbocycles. The van der Waals surface area contributed by atoms with E-state index in [1.54, 1.807) is 0 Å². The van der Waals surface area contributed by atoms with Crippen LogP contribution in [0.25, 0.3) is 0 Å². The molecule has 0 radical (unpaired) electrons. The molecule has 12 nitrogen and oxygen atoms in total. The average Bonchev–Trinajstić information content (AvgIpc) is 3.17. The number of carbonyl (C=O) groups excluding carboxylic acids is 1. The van der Waals surface area contributed by atoms with Crippen molar-refractivity contribution in [2.24, 2.45) is 0 Å². The standard InChI is InChI=1S/C43H72O12S/c1-3-5-7-9-11-13-14-15-16-17-18-19-20-21-22-23-24-25-26-28-30-32-39(45)53-37(35-51-33-31-29-27-12-10-8-6-4-2)36-52-43-41(47)42(55-56(48,49)50)40(46)38(34-44)54-43/h5,7,11,13,15-16,18-19,21-22,24-25,37-38,40-44,46-47H,3-4,6,8-10,12,14,17,20,23,26-36H2,1-2H3,(H,48,49,50)/b7-5-,13-11-,16-15-,19-18-,22-21-,25-24-. The summed E-state index contributed by atoms with van der Waals surface area (Å²) in [6.07, 6.45) is 33.8. The van der Waals surface area contributed by atoms with Gasteiger partial charge in [-0.1, -0.05) is 132 Å². The van der Waals surface area contributed by atoms with Crippen molar-refractivity contribution in [1.29, 1.82) is 0 Å². The van der Waals surface area contributed by atoms with Gasteiger partial charge in [-0.2, -0.15) is 8.42 Å². The number of hydrogen-bond donors (Lipinski definition) is 4. The first kappa shape index (κ1) is 51.6. The number of aliphatic hydroxyl groups is 3. The highest BCUT2D eigenvalue weighted by Gasteiger charge is 2.48. The minimum atomic E-state index is -5.06. The van der Waals surface area contributed by atoms with Gasteiger partial charge >= 0.3 is 16.4 Å². The number of unbranched alkanes of at least 4 members (excludes halogenated alkanes) is 9. The maximum Gasteiger partial charge on any atom is 0.397 e. The second-order valence-corrected chi connectivity index (χ2v) is 14.9. The Kier molecular flexibility index (Phi) is 31.8. The van der Waals surface area contributed by atoms with Crippen LogP contribution in [0.4, 0.5) is 0 Å². The van der Waals surface area contributed by atoms with E-state index in [1.807, 2.05) is 0 Å². The highest BCUT2D eigenvalue weighted by Crippen LogP contribution is 2.26. The van der Waals surface area contributed by atoms with Crippen molar-refractivity contribution in [3.63, 3.8) is 0 Å². The summed E-state index contributed by atoms with van der Waals surface area (Å²) in [6, 6.07) is 0. The SMILES string of the molecule is CC/C=C\C/C=C\C/C=C\C/C=C\C/C=C\C/C=C\CCCCC(=O)OC(COCCCCCCCCCC)COC1OC(CO)C(O)C(OS(=O)(=O)O)C1O. The minimum absolute atomic E-state index is 0.0145. The monoisotopic (exact) mass is 812 g/mol. The van der Waals surface area contributed by atoms with Crippen LogP contribution in [0.2, 0.25) is 0 Å². The van der Waals surface area contributed by atoms with E-state index in [0.29, 0.717) is 13.0 Å². The lowest BCUT2D eigenvalue weighted by Crippen LogP contribution is -2.60. The molecule has 0 saturated carbocycles. The molecule has 0 spiro atoms. The fraction of sp³-hybridized carbons (Fsp3) is 0.698. The third-order valence-corrected chi connectivity index (χ3v) is 9.31. The fourth-order valence-corrected chi connectivity index (χ4v) is 6.24. The third-order valence-electron chi connectivity index (χ3n) is 8.84. The molecule has 6 atom stereocenters. The molecule has 0 amide bonds. The van der Waals surface area contributed by atoms with E-state index in [0.717, 1.165) is 70.6 Å². The van der Waals surface area contributed by atoms with Gasteiger partial charge in [0.2, 0.25) is 0 Å². The number of ether oxygens (including phenoxy) is 4. The van der Waals surface area contributed by atoms with Crippen LogP contribution in [0.1, 0.15) is 129 Å². The zero-order valence-electron chi connectivity index (χ0n) is 33.9. The summed E-state index contributed by atoms with van der Waals surface area (Å²) in [5.74, 6) is -0.446. The smallest absolute Gasteiger partial charge is 0.397 e. The summed E-state index contributed by atoms with van der Waals surface area (Å²) in [7, 11) is -5.06. The molecule has 1 aliphatic heterocycles. The maximum absolute atomic E-state index is 12.8. The van der Waals surface area contributed by atoms with Crippen LogP contribution in [0.15, 0.2) is 72.9 Å². The number of carbonyl (C=O) groups is 1. The summed E-state index contributed by atoms with van der Waals surface area (Å²) in [5.41, 5.74) is 0. The maximum atomic E-state index is 12.8. The molecule has 1 rings (SSSR count). The van der Waals surface area contributed by atoms with Gasteiger partial charge < -0.3 is 34.3 Å². The Morgan fingerprint density at radius 3 is 1.77 bits per heavy atom. The highest BCUT2D eigenvalue weighted by molar-refractivity contribution is 7.80. The van der Waals surface area contributed by atoms with Gasteiger partial charge in [0.05, 0.1) is 19.8 Å². The summed E-state index contributed by atoms with van der Waals surface area (Å²) in [4.78, 5) is 12.8. The first-order valence-electron chi connectivity index (χ1n) is 20.7. The lowest BCUT2D eigenvalue weighted by atomic mass is 9.99. The van der Waals surface area contributed by atoms with Crippen molar-refractivity contribution < 1.29 is 56.2 Å². The first-order chi connectivity index (χ1) is 27.1. The number of hydrogen-bond acceptors (Lipinski definition) is 11. The lowest BCUT2D eigenvalue weighted by Gasteiger charge is -2.41. The van der Waals surface area contributed by atoms with Gasteiger partial charge in [-0.15, -0.1) is 0 Å². The zero-order chi connectivity index (χ0) is 41.1. The predicted molar refractivity (Wildman–Crippen MR) is 220 cm³/mol. The van der Waals surface area contributed by atoms with E-state index < -0.39 is 59.8 Å². The first-order valence-corrected chi connectivity index (χ1v) is 22.1. The van der Waals surface area contributed by atoms with Crippen molar-refractivity contribution in [2.75, 3.05) is 26.4 Å². The largest absolute Gasteiger partial charge is 0.457 e. The van der Waals surface area contributed by atoms with Crippen LogP contribution < -0.4 is 0 Å². The fourth-order valence-electron chi connectivity index (χ4n) is 5.73. The van der Waals surface area contributed by atoms with E-state index >= 15 is 0 Å². The van der Waals surface area contributed by atoms with Gasteiger partial charge in [0, 0.05) is 13.0 Å². The Morgan fingerprint density at radius 2 is 1.23 bits per heavy atom. The van der Waals surface area contributed by atoms with Crippen LogP contribution in [0.3, 0.4) is 0 Å². The second kappa shape index (κ2) is 34.6. The molecule has 0 aromatic heterocycles. The summed E-state index contributed by atoms with van der Waals surface area (Å²) in [5, 5.41) is 30.5. The molecule has 322 valence electrons. The van der Waals surface area contributed by atoms with Gasteiger partial charge in [-0.05, 0) is 64.2 Å². The molecule has 1 saturated heterocycles. The predicted octanol–water partition coefficient (Wildman–Crippen LogP) is 7.96. The minimum Gasteiger partial charge on any atom is -0.457 e. The Bertz CT molecular complexity index is 1260. The lowest BCUT2D eigenvalue weighted by molar-refractivity contribution is -0.301. The van der Waals surface area contributed by atoms with Crippen LogP contribution >= 0.6 is 0 Å². The average molecular weight is 813 g/mol. The molecule has 13 heteroatoms. The Labute approximate surface area is 337 Å². The topological polar surface area (TPSA) is 178 Å². The molecule has 6 unspecified atom stereocenters. The molecular weight excluding hydrogens is 741 g/mol. The summed E-state index contributed by atoms with van der Waals surface area (Å²) in [6.45, 7) is 3.75. The molecule has 1 heterocycles. The molecule has 56 heavy (non-hydrogen) atoms. The normalized spacial score (nSPS) is 21.6. The van der Waals surface area contributed by atoms with Gasteiger partial charge in [-0.3, -0.25) is 9.35 Å². The van der Waals surface area contributed by atoms with Crippen molar-refractivity contribution in [2.45, 2.75) is 166 Å². The number of allylic oxidation sites excluding steroid dienone is 12. The molecule has 4 N–H and O–H groups in total. The van der Waals surface area contributed by atoms with Gasteiger partial charge in [0.25, 0.3) is 0 Å². The van der Waals surface area contributed by atoms with Crippen LogP contribution in [0, 0.1) is 0 Å². The van der Waals surface area contributed by atoms with Crippen molar-refractivity contribution >= 4 is 16.4 Å². The number of esters is 1. The van der Waals surface area contributed by atoms with Crippen molar-refractivity contribution in [1.82, 2.24) is 0 Å². The number of aliphatic hydroxyl groups excluding tert-OH is 3. The van der Waals surface area contributed by atoms with E-state index in [1.165, 1.54) is 32.1 Å². The molecule has 0 aromatic rings. The highest BCUT2D eigenvalue weighted by atomic mass is 32.3. The quantitative estimate of drug-likeness (QED) is 0.0214. The Morgan fingerprint density at radius 1 is 0.696 bits per heavy atom. The van der Waals surface area contributed by atoms with Crippen LogP contribution in [-0.2, 0) is 38.3 Å².